The van der Waals surface area contributed by atoms with Crippen molar-refractivity contribution in [1.82, 2.24) is 0 Å². The van der Waals surface area contributed by atoms with Gasteiger partial charge in [-0.1, -0.05) is 6.58 Å². The van der Waals surface area contributed by atoms with Gasteiger partial charge in [0.2, 0.25) is 0 Å². The van der Waals surface area contributed by atoms with Crippen LogP contribution in [0, 0.1) is 0 Å². The summed E-state index contributed by atoms with van der Waals surface area (Å²) in [4.78, 5) is 11.1. The van der Waals surface area contributed by atoms with Crippen LogP contribution in [-0.4, -0.2) is 30.6 Å². The molecular weight excluding hydrogens is 172 g/mol. The highest BCUT2D eigenvalue weighted by molar-refractivity contribution is 5.89. The molecule has 0 aliphatic carbocycles. The zero-order valence-electron chi connectivity index (χ0n) is 7.70. The smallest absolute Gasteiger partial charge is 0.336 e. The van der Waals surface area contributed by atoms with Crippen LogP contribution in [-0.2, 0) is 19.0 Å². The molecular formula is C9H12O4. The Morgan fingerprint density at radius 2 is 2.15 bits per heavy atom. The third-order valence-electron chi connectivity index (χ3n) is 2.17. The Bertz CT molecular complexity index is 269. The fraction of sp³-hybridized carbons (Fsp3) is 0.667. The quantitative estimate of drug-likeness (QED) is 0.409. The van der Waals surface area contributed by atoms with Crippen molar-refractivity contribution in [2.24, 2.45) is 0 Å². The van der Waals surface area contributed by atoms with E-state index in [0.717, 1.165) is 0 Å². The van der Waals surface area contributed by atoms with Crippen molar-refractivity contribution in [3.8, 4) is 0 Å². The molecule has 0 unspecified atom stereocenters. The minimum atomic E-state index is -0.647. The Morgan fingerprint density at radius 3 is 2.85 bits per heavy atom. The molecule has 2 rings (SSSR count). The first-order valence-electron chi connectivity index (χ1n) is 4.21. The van der Waals surface area contributed by atoms with Crippen LogP contribution >= 0.6 is 0 Å². The highest BCUT2D eigenvalue weighted by atomic mass is 16.8. The molecule has 0 amide bonds. The van der Waals surface area contributed by atoms with Crippen LogP contribution in [0.3, 0.4) is 0 Å². The van der Waals surface area contributed by atoms with Crippen LogP contribution < -0.4 is 0 Å². The van der Waals surface area contributed by atoms with Crippen molar-refractivity contribution in [2.75, 3.05) is 6.61 Å². The van der Waals surface area contributed by atoms with Crippen LogP contribution in [0.4, 0.5) is 0 Å². The van der Waals surface area contributed by atoms with E-state index >= 15 is 0 Å². The molecule has 0 radical (unpaired) electrons. The molecule has 13 heavy (non-hydrogen) atoms. The Balaban J connectivity index is 2.20. The van der Waals surface area contributed by atoms with Crippen molar-refractivity contribution >= 4 is 5.97 Å². The van der Waals surface area contributed by atoms with E-state index in [2.05, 4.69) is 6.58 Å². The number of esters is 1. The fourth-order valence-corrected chi connectivity index (χ4v) is 1.62. The molecule has 0 spiro atoms. The summed E-state index contributed by atoms with van der Waals surface area (Å²) in [5.74, 6) is -1.03. The zero-order chi connectivity index (χ0) is 9.64. The maximum absolute atomic E-state index is 11.1. The SMILES string of the molecule is C=C1C(=O)OC[C@H]2OC(C)(C)O[C@@H]12. The first-order chi connectivity index (χ1) is 5.99. The number of rotatable bonds is 0. The van der Waals surface area contributed by atoms with Crippen LogP contribution in [0.1, 0.15) is 13.8 Å². The summed E-state index contributed by atoms with van der Waals surface area (Å²) in [6.45, 7) is 7.50. The Kier molecular flexibility index (Phi) is 1.72. The lowest BCUT2D eigenvalue weighted by molar-refractivity contribution is -0.152. The lowest BCUT2D eigenvalue weighted by Crippen LogP contribution is -2.38. The summed E-state index contributed by atoms with van der Waals surface area (Å²) in [7, 11) is 0. The molecule has 0 bridgehead atoms. The number of carbonyl (C=O) groups excluding carboxylic acids is 1. The van der Waals surface area contributed by atoms with E-state index in [-0.39, 0.29) is 24.8 Å². The van der Waals surface area contributed by atoms with E-state index in [1.54, 1.807) is 0 Å². The molecule has 2 fully saturated rings. The number of ether oxygens (including phenoxy) is 3. The summed E-state index contributed by atoms with van der Waals surface area (Å²) in [5.41, 5.74) is 0.349. The second-order valence-electron chi connectivity index (χ2n) is 3.72. The fourth-order valence-electron chi connectivity index (χ4n) is 1.62. The molecule has 2 atom stereocenters. The van der Waals surface area contributed by atoms with Gasteiger partial charge in [0.25, 0.3) is 0 Å². The van der Waals surface area contributed by atoms with Gasteiger partial charge in [0.15, 0.2) is 5.79 Å². The number of hydrogen-bond donors (Lipinski definition) is 0. The molecule has 0 saturated carbocycles. The molecule has 4 nitrogen and oxygen atoms in total. The minimum Gasteiger partial charge on any atom is -0.459 e. The van der Waals surface area contributed by atoms with E-state index in [9.17, 15) is 4.79 Å². The molecule has 2 saturated heterocycles. The second kappa shape index (κ2) is 2.56. The second-order valence-corrected chi connectivity index (χ2v) is 3.72. The van der Waals surface area contributed by atoms with Gasteiger partial charge in [-0.3, -0.25) is 0 Å². The topological polar surface area (TPSA) is 44.8 Å². The normalized spacial score (nSPS) is 37.1. The van der Waals surface area contributed by atoms with Crippen molar-refractivity contribution in [3.63, 3.8) is 0 Å². The monoisotopic (exact) mass is 184 g/mol. The van der Waals surface area contributed by atoms with Gasteiger partial charge in [0, 0.05) is 0 Å². The minimum absolute atomic E-state index is 0.194. The van der Waals surface area contributed by atoms with E-state index in [1.807, 2.05) is 13.8 Å². The summed E-state index contributed by atoms with van der Waals surface area (Å²) in [6, 6.07) is 0. The van der Waals surface area contributed by atoms with Crippen molar-refractivity contribution < 1.29 is 19.0 Å². The predicted octanol–water partition coefficient (Wildman–Crippen LogP) is 0.619. The standard InChI is InChI=1S/C9H12O4/c1-5-7-6(4-11-8(5)10)12-9(2,3)13-7/h6-7H,1,4H2,2-3H3/t6-,7+/m1/s1. The van der Waals surface area contributed by atoms with Crippen molar-refractivity contribution in [1.29, 1.82) is 0 Å². The first kappa shape index (κ1) is 8.72. The average molecular weight is 184 g/mol. The van der Waals surface area contributed by atoms with Gasteiger partial charge >= 0.3 is 5.97 Å². The zero-order valence-corrected chi connectivity index (χ0v) is 7.70. The summed E-state index contributed by atoms with van der Waals surface area (Å²) >= 11 is 0. The maximum atomic E-state index is 11.1. The molecule has 2 aliphatic rings. The Labute approximate surface area is 76.5 Å². The van der Waals surface area contributed by atoms with Crippen LogP contribution in [0.2, 0.25) is 0 Å². The van der Waals surface area contributed by atoms with Crippen molar-refractivity contribution in [3.05, 3.63) is 12.2 Å². The first-order valence-corrected chi connectivity index (χ1v) is 4.21. The molecule has 4 heteroatoms. The number of carbonyl (C=O) groups is 1. The van der Waals surface area contributed by atoms with Gasteiger partial charge in [0.1, 0.15) is 18.8 Å². The molecule has 0 N–H and O–H groups in total. The summed E-state index contributed by atoms with van der Waals surface area (Å²) < 4.78 is 15.9. The molecule has 0 aromatic carbocycles. The highest BCUT2D eigenvalue weighted by Crippen LogP contribution is 2.34. The lowest BCUT2D eigenvalue weighted by atomic mass is 10.1. The molecule has 2 aliphatic heterocycles. The van der Waals surface area contributed by atoms with Gasteiger partial charge in [0.05, 0.1) is 5.57 Å². The van der Waals surface area contributed by atoms with E-state index in [4.69, 9.17) is 14.2 Å². The van der Waals surface area contributed by atoms with Gasteiger partial charge < -0.3 is 14.2 Å². The maximum Gasteiger partial charge on any atom is 0.336 e. The van der Waals surface area contributed by atoms with Gasteiger partial charge in [-0.05, 0) is 13.8 Å². The van der Waals surface area contributed by atoms with Crippen LogP contribution in [0.5, 0.6) is 0 Å². The van der Waals surface area contributed by atoms with E-state index < -0.39 is 5.79 Å². The number of fused-ring (bicyclic) bond motifs is 1. The Morgan fingerprint density at radius 1 is 1.46 bits per heavy atom. The summed E-state index contributed by atoms with van der Waals surface area (Å²) in [5, 5.41) is 0. The van der Waals surface area contributed by atoms with Gasteiger partial charge in [-0.25, -0.2) is 4.79 Å². The van der Waals surface area contributed by atoms with Gasteiger partial charge in [-0.15, -0.1) is 0 Å². The lowest BCUT2D eigenvalue weighted by Gasteiger charge is -2.23. The van der Waals surface area contributed by atoms with Gasteiger partial charge in [-0.2, -0.15) is 0 Å². The third kappa shape index (κ3) is 1.36. The number of hydrogen-bond acceptors (Lipinski definition) is 4. The largest absolute Gasteiger partial charge is 0.459 e. The average Bonchev–Trinajstić information content (AvgIpc) is 2.34. The van der Waals surface area contributed by atoms with Crippen LogP contribution in [0.25, 0.3) is 0 Å². The predicted molar refractivity (Wildman–Crippen MR) is 43.9 cm³/mol. The van der Waals surface area contributed by atoms with E-state index in [1.165, 1.54) is 0 Å². The summed E-state index contributed by atoms with van der Waals surface area (Å²) in [6.07, 6.45) is -0.531. The third-order valence-corrected chi connectivity index (χ3v) is 2.17. The molecule has 0 aromatic heterocycles. The highest BCUT2D eigenvalue weighted by Gasteiger charge is 2.47. The van der Waals surface area contributed by atoms with Crippen LogP contribution in [0.15, 0.2) is 12.2 Å². The van der Waals surface area contributed by atoms with E-state index in [0.29, 0.717) is 5.57 Å². The number of cyclic esters (lactones) is 1. The molecule has 0 aromatic rings. The van der Waals surface area contributed by atoms with Crippen molar-refractivity contribution in [2.45, 2.75) is 31.8 Å². The molecule has 2 heterocycles. The Hall–Kier alpha value is -0.870. The molecule has 72 valence electrons.